The van der Waals surface area contributed by atoms with E-state index in [4.69, 9.17) is 0 Å². The molecule has 2 nitrogen and oxygen atoms in total. The first-order valence-electron chi connectivity index (χ1n) is 8.19. The van der Waals surface area contributed by atoms with Crippen molar-refractivity contribution in [1.29, 1.82) is 0 Å². The largest absolute Gasteiger partial charge is 0.155 e. The Morgan fingerprint density at radius 1 is 0.640 bits per heavy atom. The van der Waals surface area contributed by atoms with Gasteiger partial charge in [-0.3, -0.25) is 0 Å². The second-order valence-corrected chi connectivity index (χ2v) is 10.2. The lowest BCUT2D eigenvalue weighted by molar-refractivity contribution is 1.04. The van der Waals surface area contributed by atoms with Crippen LogP contribution in [0.5, 0.6) is 0 Å². The number of nitrogens with zero attached hydrogens (tertiary/aromatic N) is 2. The Morgan fingerprint density at radius 3 is 1.44 bits per heavy atom. The molecular formula is C21H18N2PS+. The van der Waals surface area contributed by atoms with Gasteiger partial charge in [0.25, 0.3) is 0 Å². The van der Waals surface area contributed by atoms with Crippen LogP contribution < -0.4 is 15.9 Å². The third-order valence-electron chi connectivity index (χ3n) is 4.37. The summed E-state index contributed by atoms with van der Waals surface area (Å²) < 4.78 is 0. The standard InChI is InChI=1S/C21H18N2PS/c1-4-10-18(11-5-1)24(16-21-23-22-17-25-21,19-12-6-2-7-13-19)20-14-8-3-9-15-20/h1-15,17H,16H2/q+1. The lowest BCUT2D eigenvalue weighted by Crippen LogP contribution is -2.32. The molecule has 0 aliphatic heterocycles. The van der Waals surface area contributed by atoms with Crippen LogP contribution in [0.25, 0.3) is 0 Å². The second-order valence-electron chi connectivity index (χ2n) is 5.81. The minimum atomic E-state index is -1.83. The first kappa shape index (κ1) is 16.1. The van der Waals surface area contributed by atoms with E-state index >= 15 is 0 Å². The van der Waals surface area contributed by atoms with Gasteiger partial charge in [-0.25, -0.2) is 0 Å². The number of benzene rings is 3. The van der Waals surface area contributed by atoms with E-state index in [1.54, 1.807) is 11.3 Å². The highest BCUT2D eigenvalue weighted by Gasteiger charge is 2.46. The predicted molar refractivity (Wildman–Crippen MR) is 109 cm³/mol. The van der Waals surface area contributed by atoms with Crippen LogP contribution >= 0.6 is 18.6 Å². The molecule has 0 aliphatic rings. The minimum Gasteiger partial charge on any atom is -0.147 e. The molecule has 4 rings (SSSR count). The van der Waals surface area contributed by atoms with Gasteiger partial charge in [-0.2, -0.15) is 0 Å². The number of rotatable bonds is 5. The van der Waals surface area contributed by atoms with Gasteiger partial charge >= 0.3 is 0 Å². The molecule has 0 aliphatic carbocycles. The normalized spacial score (nSPS) is 11.4. The highest BCUT2D eigenvalue weighted by molar-refractivity contribution is 7.95. The summed E-state index contributed by atoms with van der Waals surface area (Å²) in [6, 6.07) is 32.6. The molecule has 0 unspecified atom stereocenters. The third kappa shape index (κ3) is 3.13. The number of aromatic nitrogens is 2. The summed E-state index contributed by atoms with van der Waals surface area (Å²) in [7, 11) is -1.83. The summed E-state index contributed by atoms with van der Waals surface area (Å²) in [4.78, 5) is 0. The van der Waals surface area contributed by atoms with Crippen molar-refractivity contribution in [3.05, 3.63) is 102 Å². The zero-order valence-electron chi connectivity index (χ0n) is 13.7. The first-order valence-corrected chi connectivity index (χ1v) is 11.0. The zero-order valence-corrected chi connectivity index (χ0v) is 15.4. The number of hydrogen-bond donors (Lipinski definition) is 0. The maximum atomic E-state index is 4.37. The summed E-state index contributed by atoms with van der Waals surface area (Å²) in [6.45, 7) is 0. The molecule has 0 saturated carbocycles. The fourth-order valence-corrected chi connectivity index (χ4v) is 8.38. The van der Waals surface area contributed by atoms with Crippen LogP contribution in [0.15, 0.2) is 96.5 Å². The Morgan fingerprint density at radius 2 is 1.08 bits per heavy atom. The maximum Gasteiger partial charge on any atom is 0.155 e. The van der Waals surface area contributed by atoms with Gasteiger partial charge in [0.2, 0.25) is 0 Å². The van der Waals surface area contributed by atoms with Crippen molar-refractivity contribution in [2.24, 2.45) is 0 Å². The molecule has 0 spiro atoms. The average Bonchev–Trinajstić information content (AvgIpc) is 3.21. The van der Waals surface area contributed by atoms with Crippen LogP contribution in [0.3, 0.4) is 0 Å². The fraction of sp³-hybridized carbons (Fsp3) is 0.0476. The van der Waals surface area contributed by atoms with Crippen LogP contribution in [0, 0.1) is 0 Å². The third-order valence-corrected chi connectivity index (χ3v) is 9.59. The van der Waals surface area contributed by atoms with Crippen molar-refractivity contribution in [3.8, 4) is 0 Å². The molecule has 0 bridgehead atoms. The molecule has 0 saturated heterocycles. The van der Waals surface area contributed by atoms with Crippen LogP contribution in [0.1, 0.15) is 5.01 Å². The highest BCUT2D eigenvalue weighted by atomic mass is 32.1. The summed E-state index contributed by atoms with van der Waals surface area (Å²) in [6.07, 6.45) is 0.899. The average molecular weight is 361 g/mol. The van der Waals surface area contributed by atoms with E-state index < -0.39 is 7.26 Å². The summed E-state index contributed by atoms with van der Waals surface area (Å²) in [5, 5.41) is 13.7. The quantitative estimate of drug-likeness (QED) is 0.502. The van der Waals surface area contributed by atoms with Crippen molar-refractivity contribution in [2.75, 3.05) is 0 Å². The van der Waals surface area contributed by atoms with Gasteiger partial charge < -0.3 is 0 Å². The van der Waals surface area contributed by atoms with E-state index in [2.05, 4.69) is 101 Å². The van der Waals surface area contributed by atoms with Crippen molar-refractivity contribution >= 4 is 34.5 Å². The van der Waals surface area contributed by atoms with Crippen molar-refractivity contribution in [3.63, 3.8) is 0 Å². The van der Waals surface area contributed by atoms with Crippen LogP contribution in [-0.4, -0.2) is 10.2 Å². The van der Waals surface area contributed by atoms with E-state index in [9.17, 15) is 0 Å². The first-order chi connectivity index (χ1) is 12.4. The molecule has 1 aromatic heterocycles. The number of hydrogen-bond acceptors (Lipinski definition) is 3. The van der Waals surface area contributed by atoms with Crippen molar-refractivity contribution < 1.29 is 0 Å². The van der Waals surface area contributed by atoms with Crippen molar-refractivity contribution in [1.82, 2.24) is 10.2 Å². The molecule has 0 amide bonds. The van der Waals surface area contributed by atoms with Crippen LogP contribution in [0.4, 0.5) is 0 Å². The Balaban J connectivity index is 2.01. The monoisotopic (exact) mass is 361 g/mol. The fourth-order valence-electron chi connectivity index (χ4n) is 3.24. The van der Waals surface area contributed by atoms with Crippen LogP contribution in [0.2, 0.25) is 0 Å². The molecule has 25 heavy (non-hydrogen) atoms. The van der Waals surface area contributed by atoms with Crippen LogP contribution in [-0.2, 0) is 6.16 Å². The van der Waals surface area contributed by atoms with E-state index in [1.165, 1.54) is 15.9 Å². The smallest absolute Gasteiger partial charge is 0.147 e. The molecule has 0 atom stereocenters. The Labute approximate surface area is 152 Å². The predicted octanol–water partition coefficient (Wildman–Crippen LogP) is 4.03. The Kier molecular flexibility index (Phi) is 4.69. The summed E-state index contributed by atoms with van der Waals surface area (Å²) in [5.41, 5.74) is 1.82. The van der Waals surface area contributed by atoms with Gasteiger partial charge in [-0.05, 0) is 36.4 Å². The molecule has 122 valence electrons. The molecule has 0 radical (unpaired) electrons. The lowest BCUT2D eigenvalue weighted by Gasteiger charge is -2.26. The van der Waals surface area contributed by atoms with E-state index in [-0.39, 0.29) is 0 Å². The Hall–Kier alpha value is -2.35. The van der Waals surface area contributed by atoms with Gasteiger partial charge in [-0.15, -0.1) is 21.5 Å². The zero-order chi connectivity index (χ0) is 17.0. The minimum absolute atomic E-state index is 0.899. The van der Waals surface area contributed by atoms with Gasteiger partial charge in [0, 0.05) is 0 Å². The lowest BCUT2D eigenvalue weighted by atomic mass is 10.4. The molecule has 4 aromatic rings. The van der Waals surface area contributed by atoms with E-state index in [1.807, 2.05) is 5.51 Å². The Bertz CT molecular complexity index is 813. The molecule has 0 fully saturated rings. The maximum absolute atomic E-state index is 4.37. The molecule has 1 heterocycles. The van der Waals surface area contributed by atoms with Gasteiger partial charge in [0.15, 0.2) is 5.01 Å². The van der Waals surface area contributed by atoms with E-state index in [0.717, 1.165) is 11.2 Å². The molecule has 0 N–H and O–H groups in total. The van der Waals surface area contributed by atoms with Gasteiger partial charge in [-0.1, -0.05) is 54.6 Å². The topological polar surface area (TPSA) is 25.8 Å². The van der Waals surface area contributed by atoms with Gasteiger partial charge in [0.05, 0.1) is 0 Å². The molecule has 4 heteroatoms. The van der Waals surface area contributed by atoms with E-state index in [0.29, 0.717) is 0 Å². The summed E-state index contributed by atoms with van der Waals surface area (Å²) in [5.74, 6) is 0. The SMILES string of the molecule is c1ccc([P+](Cc2nncs2)(c2ccccc2)c2ccccc2)cc1. The second kappa shape index (κ2) is 7.26. The molecular weight excluding hydrogens is 343 g/mol. The van der Waals surface area contributed by atoms with Gasteiger partial charge in [0.1, 0.15) is 34.8 Å². The van der Waals surface area contributed by atoms with Crippen molar-refractivity contribution in [2.45, 2.75) is 6.16 Å². The molecule has 3 aromatic carbocycles. The summed E-state index contributed by atoms with van der Waals surface area (Å²) >= 11 is 1.64. The highest BCUT2D eigenvalue weighted by Crippen LogP contribution is 2.58.